The zero-order valence-electron chi connectivity index (χ0n) is 11.4. The van der Waals surface area contributed by atoms with Gasteiger partial charge in [0, 0.05) is 10.6 Å². The highest BCUT2D eigenvalue weighted by molar-refractivity contribution is 6.30. The van der Waals surface area contributed by atoms with Gasteiger partial charge in [-0.1, -0.05) is 29.8 Å². The van der Waals surface area contributed by atoms with Crippen molar-refractivity contribution < 1.29 is 14.3 Å². The van der Waals surface area contributed by atoms with Crippen LogP contribution >= 0.6 is 11.6 Å². The molecular weight excluding hydrogens is 288 g/mol. The van der Waals surface area contributed by atoms with E-state index in [1.165, 1.54) is 6.92 Å². The first kappa shape index (κ1) is 13.7. The number of rotatable bonds is 3. The van der Waals surface area contributed by atoms with Crippen molar-refractivity contribution >= 4 is 29.2 Å². The molecule has 0 N–H and O–H groups in total. The van der Waals surface area contributed by atoms with E-state index in [9.17, 15) is 4.79 Å². The first-order chi connectivity index (χ1) is 10.1. The van der Waals surface area contributed by atoms with Crippen molar-refractivity contribution in [1.29, 1.82) is 0 Å². The van der Waals surface area contributed by atoms with E-state index in [4.69, 9.17) is 21.1 Å². The van der Waals surface area contributed by atoms with Gasteiger partial charge in [0.1, 0.15) is 23.9 Å². The summed E-state index contributed by atoms with van der Waals surface area (Å²) in [6.07, 6.45) is 1.86. The minimum absolute atomic E-state index is 0.0138. The van der Waals surface area contributed by atoms with E-state index in [0.29, 0.717) is 16.5 Å². The van der Waals surface area contributed by atoms with Gasteiger partial charge in [0.05, 0.1) is 5.56 Å². The molecule has 0 unspecified atom stereocenters. The molecule has 0 amide bonds. The van der Waals surface area contributed by atoms with Crippen molar-refractivity contribution in [3.8, 4) is 11.5 Å². The van der Waals surface area contributed by atoms with Crippen LogP contribution in [0.15, 0.2) is 42.5 Å². The van der Waals surface area contributed by atoms with Crippen LogP contribution in [0.4, 0.5) is 0 Å². The summed E-state index contributed by atoms with van der Waals surface area (Å²) in [5, 5.41) is 0.584. The monoisotopic (exact) mass is 300 g/mol. The molecule has 0 fully saturated rings. The fourth-order valence-corrected chi connectivity index (χ4v) is 2.28. The van der Waals surface area contributed by atoms with Crippen molar-refractivity contribution in [3.63, 3.8) is 0 Å². The van der Waals surface area contributed by atoms with Crippen LogP contribution in [-0.4, -0.2) is 12.4 Å². The molecule has 4 heteroatoms. The van der Waals surface area contributed by atoms with Gasteiger partial charge in [-0.25, -0.2) is 0 Å². The minimum Gasteiger partial charge on any atom is -0.485 e. The standard InChI is InChI=1S/C17H13ClO3/c1-11(19)10-20-17-8-12-4-2-3-5-15(12)21-16-7-6-13(18)9-14(16)17/h2-9H,10H2,1H3. The number of ether oxygens (including phenoxy) is 2. The Bertz CT molecular complexity index is 735. The van der Waals surface area contributed by atoms with Gasteiger partial charge in [-0.05, 0) is 37.3 Å². The van der Waals surface area contributed by atoms with Crippen LogP contribution in [0, 0.1) is 0 Å². The van der Waals surface area contributed by atoms with Gasteiger partial charge in [-0.3, -0.25) is 4.79 Å². The number of hydrogen-bond acceptors (Lipinski definition) is 3. The summed E-state index contributed by atoms with van der Waals surface area (Å²) in [6, 6.07) is 13.0. The largest absolute Gasteiger partial charge is 0.485 e. The lowest BCUT2D eigenvalue weighted by Gasteiger charge is -2.12. The lowest BCUT2D eigenvalue weighted by Crippen LogP contribution is -2.03. The minimum atomic E-state index is -0.0436. The average Bonchev–Trinajstić information content (AvgIpc) is 2.61. The number of para-hydroxylation sites is 1. The molecule has 0 radical (unpaired) electrons. The normalized spacial score (nSPS) is 12.4. The molecule has 0 spiro atoms. The highest BCUT2D eigenvalue weighted by atomic mass is 35.5. The zero-order valence-corrected chi connectivity index (χ0v) is 12.2. The van der Waals surface area contributed by atoms with E-state index in [-0.39, 0.29) is 12.4 Å². The van der Waals surface area contributed by atoms with Crippen molar-refractivity contribution in [2.75, 3.05) is 6.61 Å². The molecule has 3 rings (SSSR count). The summed E-state index contributed by atoms with van der Waals surface area (Å²) in [5.74, 6) is 1.92. The second-order valence-electron chi connectivity index (χ2n) is 4.78. The summed E-state index contributed by atoms with van der Waals surface area (Å²) < 4.78 is 11.6. The summed E-state index contributed by atoms with van der Waals surface area (Å²) in [5.41, 5.74) is 1.63. The first-order valence-corrected chi connectivity index (χ1v) is 6.92. The van der Waals surface area contributed by atoms with Crippen LogP contribution in [0.2, 0.25) is 5.02 Å². The van der Waals surface area contributed by atoms with Crippen LogP contribution in [0.1, 0.15) is 18.1 Å². The van der Waals surface area contributed by atoms with Gasteiger partial charge in [0.2, 0.25) is 0 Å². The van der Waals surface area contributed by atoms with Gasteiger partial charge in [-0.15, -0.1) is 0 Å². The quantitative estimate of drug-likeness (QED) is 0.834. The molecule has 0 aromatic heterocycles. The predicted octanol–water partition coefficient (Wildman–Crippen LogP) is 4.55. The molecule has 0 bridgehead atoms. The van der Waals surface area contributed by atoms with Crippen LogP contribution < -0.4 is 4.74 Å². The maximum atomic E-state index is 11.2. The Balaban J connectivity index is 2.11. The average molecular weight is 301 g/mol. The third-order valence-electron chi connectivity index (χ3n) is 3.06. The summed E-state index contributed by atoms with van der Waals surface area (Å²) >= 11 is 6.06. The van der Waals surface area contributed by atoms with Gasteiger partial charge in [-0.2, -0.15) is 0 Å². The fraction of sp³-hybridized carbons (Fsp3) is 0.118. The van der Waals surface area contributed by atoms with Gasteiger partial charge >= 0.3 is 0 Å². The molecule has 2 aromatic rings. The molecule has 1 aliphatic rings. The molecular formula is C17H13ClO3. The Hall–Kier alpha value is -2.26. The Morgan fingerprint density at radius 3 is 2.81 bits per heavy atom. The molecule has 1 heterocycles. The smallest absolute Gasteiger partial charge is 0.167 e. The van der Waals surface area contributed by atoms with Gasteiger partial charge in [0.15, 0.2) is 5.78 Å². The molecule has 3 nitrogen and oxygen atoms in total. The summed E-state index contributed by atoms with van der Waals surface area (Å²) in [7, 11) is 0. The summed E-state index contributed by atoms with van der Waals surface area (Å²) in [4.78, 5) is 11.2. The summed E-state index contributed by atoms with van der Waals surface area (Å²) in [6.45, 7) is 1.50. The second-order valence-corrected chi connectivity index (χ2v) is 5.22. The molecule has 21 heavy (non-hydrogen) atoms. The van der Waals surface area contributed by atoms with E-state index in [1.807, 2.05) is 30.3 Å². The first-order valence-electron chi connectivity index (χ1n) is 6.54. The highest BCUT2D eigenvalue weighted by Gasteiger charge is 2.18. The van der Waals surface area contributed by atoms with E-state index in [0.717, 1.165) is 16.9 Å². The van der Waals surface area contributed by atoms with E-state index in [2.05, 4.69) is 0 Å². The van der Waals surface area contributed by atoms with Crippen molar-refractivity contribution in [2.24, 2.45) is 0 Å². The van der Waals surface area contributed by atoms with Crippen molar-refractivity contribution in [3.05, 3.63) is 58.6 Å². The lowest BCUT2D eigenvalue weighted by molar-refractivity contribution is -0.119. The SMILES string of the molecule is CC(=O)COC1=Cc2ccccc2Oc2ccc(Cl)cc21. The third kappa shape index (κ3) is 2.93. The number of benzene rings is 2. The Morgan fingerprint density at radius 1 is 1.19 bits per heavy atom. The van der Waals surface area contributed by atoms with Gasteiger partial charge < -0.3 is 9.47 Å². The maximum Gasteiger partial charge on any atom is 0.167 e. The number of hydrogen-bond donors (Lipinski definition) is 0. The second kappa shape index (κ2) is 5.62. The Morgan fingerprint density at radius 2 is 2.00 bits per heavy atom. The van der Waals surface area contributed by atoms with Gasteiger partial charge in [0.25, 0.3) is 0 Å². The number of fused-ring (bicyclic) bond motifs is 2. The number of Topliss-reactive ketones (excluding diaryl/α,β-unsaturated/α-hetero) is 1. The number of halogens is 1. The van der Waals surface area contributed by atoms with E-state index >= 15 is 0 Å². The number of carbonyl (C=O) groups excluding carboxylic acids is 1. The molecule has 0 saturated carbocycles. The molecule has 0 saturated heterocycles. The Labute approximate surface area is 127 Å². The molecule has 1 aliphatic heterocycles. The van der Waals surface area contributed by atoms with Crippen LogP contribution in [0.3, 0.4) is 0 Å². The van der Waals surface area contributed by atoms with Crippen LogP contribution in [-0.2, 0) is 9.53 Å². The Kier molecular flexibility index (Phi) is 3.67. The number of carbonyl (C=O) groups is 1. The van der Waals surface area contributed by atoms with Crippen LogP contribution in [0.5, 0.6) is 11.5 Å². The molecule has 106 valence electrons. The van der Waals surface area contributed by atoms with Crippen molar-refractivity contribution in [2.45, 2.75) is 6.92 Å². The highest BCUT2D eigenvalue weighted by Crippen LogP contribution is 2.39. The van der Waals surface area contributed by atoms with Crippen molar-refractivity contribution in [1.82, 2.24) is 0 Å². The molecule has 2 aromatic carbocycles. The molecule has 0 atom stereocenters. The van der Waals surface area contributed by atoms with E-state index < -0.39 is 0 Å². The predicted molar refractivity (Wildman–Crippen MR) is 82.5 cm³/mol. The van der Waals surface area contributed by atoms with Crippen LogP contribution in [0.25, 0.3) is 11.8 Å². The number of ketones is 1. The van der Waals surface area contributed by atoms with E-state index in [1.54, 1.807) is 18.2 Å². The topological polar surface area (TPSA) is 35.5 Å². The zero-order chi connectivity index (χ0) is 14.8. The third-order valence-corrected chi connectivity index (χ3v) is 3.30. The molecule has 0 aliphatic carbocycles. The maximum absolute atomic E-state index is 11.2. The fourth-order valence-electron chi connectivity index (χ4n) is 2.11. The lowest BCUT2D eigenvalue weighted by atomic mass is 10.1.